The fourth-order valence-electron chi connectivity index (χ4n) is 1.95. The molecule has 0 saturated heterocycles. The molecular formula is C16H32O2S. The molecule has 0 bridgehead atoms. The molecule has 114 valence electrons. The Morgan fingerprint density at radius 3 is 1.89 bits per heavy atom. The number of carbonyl (C=O) groups excluding carboxylic acids is 1. The maximum Gasteiger partial charge on any atom is 0.307 e. The first-order valence-corrected chi connectivity index (χ1v) is 8.40. The first-order valence-electron chi connectivity index (χ1n) is 7.96. The topological polar surface area (TPSA) is 26.3 Å². The molecule has 0 heterocycles. The molecule has 3 heteroatoms. The van der Waals surface area contributed by atoms with Gasteiger partial charge in [-0.1, -0.05) is 65.2 Å². The van der Waals surface area contributed by atoms with E-state index in [4.69, 9.17) is 4.74 Å². The second-order valence-electron chi connectivity index (χ2n) is 5.58. The van der Waals surface area contributed by atoms with Gasteiger partial charge in [-0.25, -0.2) is 0 Å². The van der Waals surface area contributed by atoms with Gasteiger partial charge >= 0.3 is 5.97 Å². The van der Waals surface area contributed by atoms with E-state index in [-0.39, 0.29) is 5.97 Å². The lowest BCUT2D eigenvalue weighted by Gasteiger charge is -2.22. The Bertz CT molecular complexity index is 227. The van der Waals surface area contributed by atoms with Crippen molar-refractivity contribution in [2.45, 2.75) is 96.3 Å². The lowest BCUT2D eigenvalue weighted by molar-refractivity contribution is -0.150. The van der Waals surface area contributed by atoms with Gasteiger partial charge in [-0.05, 0) is 19.8 Å². The van der Waals surface area contributed by atoms with E-state index in [0.29, 0.717) is 6.42 Å². The molecule has 0 rings (SSSR count). The van der Waals surface area contributed by atoms with E-state index < -0.39 is 4.93 Å². The van der Waals surface area contributed by atoms with E-state index in [9.17, 15) is 4.79 Å². The average molecular weight is 288 g/mol. The molecule has 0 aromatic carbocycles. The number of ether oxygens (including phenoxy) is 1. The summed E-state index contributed by atoms with van der Waals surface area (Å²) in [5.74, 6) is -0.109. The zero-order chi connectivity index (χ0) is 14.6. The number of unbranched alkanes of at least 4 members (excludes halogenated alkanes) is 8. The van der Waals surface area contributed by atoms with Crippen LogP contribution in [0.1, 0.15) is 91.4 Å². The molecule has 0 radical (unpaired) electrons. The fourth-order valence-corrected chi connectivity index (χ4v) is 2.05. The van der Waals surface area contributed by atoms with Gasteiger partial charge in [0.05, 0.1) is 0 Å². The third-order valence-electron chi connectivity index (χ3n) is 3.47. The highest BCUT2D eigenvalue weighted by atomic mass is 32.1. The van der Waals surface area contributed by atoms with Crippen LogP contribution in [0.15, 0.2) is 0 Å². The van der Waals surface area contributed by atoms with Crippen LogP contribution in [0, 0.1) is 0 Å². The SMILES string of the molecule is CCCCCCCCCCCC(=O)OC(C)(S)CC. The van der Waals surface area contributed by atoms with Crippen molar-refractivity contribution in [2.24, 2.45) is 0 Å². The van der Waals surface area contributed by atoms with Crippen LogP contribution < -0.4 is 0 Å². The standard InChI is InChI=1S/C16H32O2S/c1-4-6-7-8-9-10-11-12-13-14-15(17)18-16(3,19)5-2/h19H,4-14H2,1-3H3. The maximum atomic E-state index is 11.6. The summed E-state index contributed by atoms with van der Waals surface area (Å²) in [6.45, 7) is 6.05. The van der Waals surface area contributed by atoms with Crippen molar-refractivity contribution >= 4 is 18.6 Å². The zero-order valence-electron chi connectivity index (χ0n) is 13.0. The van der Waals surface area contributed by atoms with Gasteiger partial charge in [-0.2, -0.15) is 0 Å². The molecule has 0 aliphatic carbocycles. The molecule has 19 heavy (non-hydrogen) atoms. The largest absolute Gasteiger partial charge is 0.449 e. The van der Waals surface area contributed by atoms with E-state index in [2.05, 4.69) is 19.6 Å². The van der Waals surface area contributed by atoms with Gasteiger partial charge in [0.15, 0.2) is 4.93 Å². The molecule has 0 aromatic rings. The van der Waals surface area contributed by atoms with Gasteiger partial charge in [0.2, 0.25) is 0 Å². The molecule has 0 aliphatic rings. The molecule has 0 aromatic heterocycles. The normalized spacial score (nSPS) is 14.1. The number of hydrogen-bond donors (Lipinski definition) is 1. The maximum absolute atomic E-state index is 11.6. The Morgan fingerprint density at radius 2 is 1.42 bits per heavy atom. The van der Waals surface area contributed by atoms with E-state index in [1.807, 2.05) is 13.8 Å². The summed E-state index contributed by atoms with van der Waals surface area (Å²) >= 11 is 4.30. The summed E-state index contributed by atoms with van der Waals surface area (Å²) in [4.78, 5) is 11.0. The van der Waals surface area contributed by atoms with Crippen molar-refractivity contribution in [1.82, 2.24) is 0 Å². The molecule has 0 aliphatic heterocycles. The summed E-state index contributed by atoms with van der Waals surface area (Å²) in [7, 11) is 0. The van der Waals surface area contributed by atoms with Crippen LogP contribution in [-0.2, 0) is 9.53 Å². The average Bonchev–Trinajstić information content (AvgIpc) is 2.36. The number of rotatable bonds is 12. The van der Waals surface area contributed by atoms with Gasteiger partial charge < -0.3 is 4.74 Å². The highest BCUT2D eigenvalue weighted by Crippen LogP contribution is 2.21. The predicted molar refractivity (Wildman–Crippen MR) is 85.6 cm³/mol. The molecule has 0 fully saturated rings. The van der Waals surface area contributed by atoms with Crippen LogP contribution in [-0.4, -0.2) is 10.9 Å². The van der Waals surface area contributed by atoms with Gasteiger partial charge in [0, 0.05) is 6.42 Å². The van der Waals surface area contributed by atoms with Crippen molar-refractivity contribution in [2.75, 3.05) is 0 Å². The van der Waals surface area contributed by atoms with Crippen molar-refractivity contribution in [3.63, 3.8) is 0 Å². The van der Waals surface area contributed by atoms with E-state index >= 15 is 0 Å². The van der Waals surface area contributed by atoms with Crippen molar-refractivity contribution < 1.29 is 9.53 Å². The molecule has 0 amide bonds. The first-order chi connectivity index (χ1) is 9.02. The van der Waals surface area contributed by atoms with Crippen molar-refractivity contribution in [3.05, 3.63) is 0 Å². The Kier molecular flexibility index (Phi) is 11.5. The van der Waals surface area contributed by atoms with Crippen molar-refractivity contribution in [1.29, 1.82) is 0 Å². The van der Waals surface area contributed by atoms with Gasteiger partial charge in [0.1, 0.15) is 0 Å². The highest BCUT2D eigenvalue weighted by Gasteiger charge is 2.20. The smallest absolute Gasteiger partial charge is 0.307 e. The Balaban J connectivity index is 3.32. The second-order valence-corrected chi connectivity index (χ2v) is 6.53. The summed E-state index contributed by atoms with van der Waals surface area (Å²) in [5, 5.41) is 0. The van der Waals surface area contributed by atoms with Gasteiger partial charge in [0.25, 0.3) is 0 Å². The molecule has 2 nitrogen and oxygen atoms in total. The minimum Gasteiger partial charge on any atom is -0.449 e. The molecule has 0 N–H and O–H groups in total. The van der Waals surface area contributed by atoms with Crippen LogP contribution in [0.3, 0.4) is 0 Å². The van der Waals surface area contributed by atoms with Crippen LogP contribution in [0.25, 0.3) is 0 Å². The molecule has 1 atom stereocenters. The number of thiol groups is 1. The summed E-state index contributed by atoms with van der Waals surface area (Å²) < 4.78 is 5.28. The monoisotopic (exact) mass is 288 g/mol. The van der Waals surface area contributed by atoms with Crippen LogP contribution in [0.5, 0.6) is 0 Å². The fraction of sp³-hybridized carbons (Fsp3) is 0.938. The molecule has 0 spiro atoms. The highest BCUT2D eigenvalue weighted by molar-refractivity contribution is 7.81. The Labute approximate surface area is 125 Å². The van der Waals surface area contributed by atoms with Crippen molar-refractivity contribution in [3.8, 4) is 0 Å². The Morgan fingerprint density at radius 1 is 0.947 bits per heavy atom. The quantitative estimate of drug-likeness (QED) is 0.222. The predicted octanol–water partition coefficient (Wildman–Crippen LogP) is 5.51. The third kappa shape index (κ3) is 12.6. The zero-order valence-corrected chi connectivity index (χ0v) is 13.9. The summed E-state index contributed by atoms with van der Waals surface area (Å²) in [6.07, 6.45) is 12.7. The van der Waals surface area contributed by atoms with Crippen LogP contribution in [0.4, 0.5) is 0 Å². The third-order valence-corrected chi connectivity index (χ3v) is 3.88. The lowest BCUT2D eigenvalue weighted by Crippen LogP contribution is -2.24. The van der Waals surface area contributed by atoms with Crippen LogP contribution in [0.2, 0.25) is 0 Å². The van der Waals surface area contributed by atoms with Gasteiger partial charge in [-0.3, -0.25) is 4.79 Å². The molecule has 0 saturated carbocycles. The van der Waals surface area contributed by atoms with E-state index in [1.54, 1.807) is 0 Å². The van der Waals surface area contributed by atoms with E-state index in [0.717, 1.165) is 19.3 Å². The summed E-state index contributed by atoms with van der Waals surface area (Å²) in [6, 6.07) is 0. The van der Waals surface area contributed by atoms with Crippen LogP contribution >= 0.6 is 12.6 Å². The number of carbonyl (C=O) groups is 1. The lowest BCUT2D eigenvalue weighted by atomic mass is 10.1. The number of esters is 1. The summed E-state index contributed by atoms with van der Waals surface area (Å²) in [5.41, 5.74) is 0. The minimum atomic E-state index is -0.601. The molecular weight excluding hydrogens is 256 g/mol. The molecule has 1 unspecified atom stereocenters. The van der Waals surface area contributed by atoms with E-state index in [1.165, 1.54) is 44.9 Å². The first kappa shape index (κ1) is 18.8. The van der Waals surface area contributed by atoms with Gasteiger partial charge in [-0.15, -0.1) is 12.6 Å². The second kappa shape index (κ2) is 11.6. The Hall–Kier alpha value is -0.180. The number of hydrogen-bond acceptors (Lipinski definition) is 3. The minimum absolute atomic E-state index is 0.109.